The highest BCUT2D eigenvalue weighted by atomic mass is 35.5. The molecule has 0 unspecified atom stereocenters. The van der Waals surface area contributed by atoms with E-state index < -0.39 is 0 Å². The molecule has 2 rings (SSSR count). The molecular formula is C13H19ClN6. The van der Waals surface area contributed by atoms with Gasteiger partial charge in [-0.15, -0.1) is 0 Å². The van der Waals surface area contributed by atoms with Gasteiger partial charge in [-0.1, -0.05) is 11.6 Å². The third-order valence-electron chi connectivity index (χ3n) is 2.97. The maximum absolute atomic E-state index is 6.15. The zero-order valence-corrected chi connectivity index (χ0v) is 13.0. The molecule has 108 valence electrons. The van der Waals surface area contributed by atoms with Gasteiger partial charge in [0.2, 0.25) is 5.95 Å². The smallest absolute Gasteiger partial charge is 0.226 e. The van der Waals surface area contributed by atoms with Crippen LogP contribution in [0.3, 0.4) is 0 Å². The Morgan fingerprint density at radius 3 is 2.45 bits per heavy atom. The van der Waals surface area contributed by atoms with Crippen molar-refractivity contribution >= 4 is 28.7 Å². The van der Waals surface area contributed by atoms with Gasteiger partial charge in [0.25, 0.3) is 0 Å². The molecule has 0 aliphatic rings. The molecular weight excluding hydrogens is 276 g/mol. The topological polar surface area (TPSA) is 66.8 Å². The van der Waals surface area contributed by atoms with Gasteiger partial charge in [0.15, 0.2) is 10.8 Å². The van der Waals surface area contributed by atoms with Gasteiger partial charge < -0.3 is 10.2 Å². The number of nitrogens with one attached hydrogen (secondary N) is 1. The Balaban J connectivity index is 2.17. The van der Waals surface area contributed by atoms with Crippen molar-refractivity contribution in [2.75, 3.05) is 32.5 Å². The highest BCUT2D eigenvalue weighted by molar-refractivity contribution is 6.33. The van der Waals surface area contributed by atoms with Crippen LogP contribution in [0.2, 0.25) is 5.15 Å². The SMILES string of the molecule is Cc1nc2nc(NCCCN(C)C)nc(Cl)c2nc1C. The van der Waals surface area contributed by atoms with Gasteiger partial charge in [0, 0.05) is 6.54 Å². The highest BCUT2D eigenvalue weighted by Gasteiger charge is 2.10. The zero-order valence-electron chi connectivity index (χ0n) is 12.2. The maximum Gasteiger partial charge on any atom is 0.226 e. The van der Waals surface area contributed by atoms with Crippen molar-refractivity contribution < 1.29 is 0 Å². The molecule has 0 aliphatic heterocycles. The van der Waals surface area contributed by atoms with Crippen LogP contribution in [0, 0.1) is 13.8 Å². The molecule has 2 aromatic heterocycles. The molecule has 0 radical (unpaired) electrons. The number of hydrogen-bond acceptors (Lipinski definition) is 6. The van der Waals surface area contributed by atoms with Gasteiger partial charge in [0.1, 0.15) is 5.52 Å². The van der Waals surface area contributed by atoms with E-state index in [2.05, 4.69) is 30.2 Å². The van der Waals surface area contributed by atoms with Gasteiger partial charge >= 0.3 is 0 Å². The molecule has 0 aromatic carbocycles. The number of fused-ring (bicyclic) bond motifs is 1. The molecule has 0 saturated carbocycles. The Morgan fingerprint density at radius 1 is 1.05 bits per heavy atom. The van der Waals surface area contributed by atoms with Crippen LogP contribution in [0.1, 0.15) is 17.8 Å². The van der Waals surface area contributed by atoms with Crippen molar-refractivity contribution in [1.82, 2.24) is 24.8 Å². The van der Waals surface area contributed by atoms with Gasteiger partial charge in [-0.2, -0.15) is 9.97 Å². The van der Waals surface area contributed by atoms with Crippen molar-refractivity contribution in [3.63, 3.8) is 0 Å². The highest BCUT2D eigenvalue weighted by Crippen LogP contribution is 2.19. The van der Waals surface area contributed by atoms with E-state index in [1.54, 1.807) is 0 Å². The Labute approximate surface area is 123 Å². The van der Waals surface area contributed by atoms with E-state index in [0.29, 0.717) is 22.3 Å². The van der Waals surface area contributed by atoms with Crippen LogP contribution in [0.4, 0.5) is 5.95 Å². The summed E-state index contributed by atoms with van der Waals surface area (Å²) in [6.07, 6.45) is 1.00. The minimum absolute atomic E-state index is 0.334. The first kappa shape index (κ1) is 14.9. The van der Waals surface area contributed by atoms with E-state index in [4.69, 9.17) is 11.6 Å². The summed E-state index contributed by atoms with van der Waals surface area (Å²) >= 11 is 6.15. The van der Waals surface area contributed by atoms with E-state index in [9.17, 15) is 0 Å². The Bertz CT molecular complexity index is 613. The van der Waals surface area contributed by atoms with Crippen molar-refractivity contribution in [3.8, 4) is 0 Å². The third-order valence-corrected chi connectivity index (χ3v) is 3.23. The Morgan fingerprint density at radius 2 is 1.75 bits per heavy atom. The number of aryl methyl sites for hydroxylation is 2. The van der Waals surface area contributed by atoms with Crippen molar-refractivity contribution in [2.45, 2.75) is 20.3 Å². The quantitative estimate of drug-likeness (QED) is 0.672. The van der Waals surface area contributed by atoms with Crippen LogP contribution in [0.15, 0.2) is 0 Å². The summed E-state index contributed by atoms with van der Waals surface area (Å²) in [5, 5.41) is 3.50. The number of aromatic nitrogens is 4. The van der Waals surface area contributed by atoms with E-state index >= 15 is 0 Å². The fraction of sp³-hybridized carbons (Fsp3) is 0.538. The molecule has 0 saturated heterocycles. The molecule has 7 heteroatoms. The number of anilines is 1. The van der Waals surface area contributed by atoms with Crippen molar-refractivity contribution in [3.05, 3.63) is 16.5 Å². The van der Waals surface area contributed by atoms with Crippen LogP contribution in [0.25, 0.3) is 11.2 Å². The lowest BCUT2D eigenvalue weighted by Gasteiger charge is -2.10. The average Bonchev–Trinajstić information content (AvgIpc) is 2.37. The van der Waals surface area contributed by atoms with Crippen molar-refractivity contribution in [2.24, 2.45) is 0 Å². The summed E-state index contributed by atoms with van der Waals surface area (Å²) in [4.78, 5) is 19.5. The lowest BCUT2D eigenvalue weighted by atomic mass is 10.3. The number of rotatable bonds is 5. The minimum atomic E-state index is 0.334. The maximum atomic E-state index is 6.15. The predicted molar refractivity (Wildman–Crippen MR) is 81.3 cm³/mol. The zero-order chi connectivity index (χ0) is 14.7. The van der Waals surface area contributed by atoms with E-state index in [-0.39, 0.29) is 0 Å². The third kappa shape index (κ3) is 3.52. The van der Waals surface area contributed by atoms with Crippen LogP contribution in [0.5, 0.6) is 0 Å². The van der Waals surface area contributed by atoms with E-state index in [0.717, 1.165) is 30.9 Å². The van der Waals surface area contributed by atoms with E-state index in [1.165, 1.54) is 0 Å². The molecule has 0 aliphatic carbocycles. The van der Waals surface area contributed by atoms with Crippen molar-refractivity contribution in [1.29, 1.82) is 0 Å². The number of nitrogens with zero attached hydrogens (tertiary/aromatic N) is 5. The Hall–Kier alpha value is -1.53. The molecule has 0 spiro atoms. The van der Waals surface area contributed by atoms with E-state index in [1.807, 2.05) is 27.9 Å². The van der Waals surface area contributed by atoms with Crippen LogP contribution in [-0.2, 0) is 0 Å². The molecule has 20 heavy (non-hydrogen) atoms. The lowest BCUT2D eigenvalue weighted by Crippen LogP contribution is -2.17. The van der Waals surface area contributed by atoms with Gasteiger partial charge in [-0.05, 0) is 40.9 Å². The largest absolute Gasteiger partial charge is 0.354 e. The van der Waals surface area contributed by atoms with Gasteiger partial charge in [-0.25, -0.2) is 9.97 Å². The van der Waals surface area contributed by atoms with Crippen LogP contribution >= 0.6 is 11.6 Å². The number of hydrogen-bond donors (Lipinski definition) is 1. The molecule has 2 aromatic rings. The summed E-state index contributed by atoms with van der Waals surface area (Å²) in [7, 11) is 4.09. The summed E-state index contributed by atoms with van der Waals surface area (Å²) < 4.78 is 0. The second-order valence-electron chi connectivity index (χ2n) is 4.99. The standard InChI is InChI=1S/C13H19ClN6/c1-8-9(2)17-12-10(16-8)11(14)18-13(19-12)15-6-5-7-20(3)4/h5-7H2,1-4H3,(H,15,17,18,19). The fourth-order valence-corrected chi connectivity index (χ4v) is 1.96. The first-order valence-corrected chi connectivity index (χ1v) is 6.92. The first-order valence-electron chi connectivity index (χ1n) is 6.54. The molecule has 0 fully saturated rings. The summed E-state index contributed by atoms with van der Waals surface area (Å²) in [5.41, 5.74) is 2.78. The first-order chi connectivity index (χ1) is 9.47. The predicted octanol–water partition coefficient (Wildman–Crippen LogP) is 2.05. The second-order valence-corrected chi connectivity index (χ2v) is 5.35. The molecule has 0 amide bonds. The minimum Gasteiger partial charge on any atom is -0.354 e. The number of halogens is 1. The molecule has 1 N–H and O–H groups in total. The van der Waals surface area contributed by atoms with Gasteiger partial charge in [0.05, 0.1) is 11.4 Å². The second kappa shape index (κ2) is 6.28. The molecule has 0 bridgehead atoms. The van der Waals surface area contributed by atoms with Crippen LogP contribution < -0.4 is 5.32 Å². The van der Waals surface area contributed by atoms with Gasteiger partial charge in [-0.3, -0.25) is 0 Å². The molecule has 0 atom stereocenters. The normalized spacial score (nSPS) is 11.3. The monoisotopic (exact) mass is 294 g/mol. The molecule has 6 nitrogen and oxygen atoms in total. The summed E-state index contributed by atoms with van der Waals surface area (Å²) in [6, 6.07) is 0. The fourth-order valence-electron chi connectivity index (χ4n) is 1.75. The molecule has 2 heterocycles. The average molecular weight is 295 g/mol. The van der Waals surface area contributed by atoms with Crippen LogP contribution in [-0.4, -0.2) is 52.0 Å². The summed E-state index contributed by atoms with van der Waals surface area (Å²) in [5.74, 6) is 0.499. The lowest BCUT2D eigenvalue weighted by molar-refractivity contribution is 0.405. The summed E-state index contributed by atoms with van der Waals surface area (Å²) in [6.45, 7) is 5.60. The Kier molecular flexibility index (Phi) is 4.67.